The maximum atomic E-state index is 13.2. The summed E-state index contributed by atoms with van der Waals surface area (Å²) in [6, 6.07) is 11.4. The molecule has 1 amide bonds. The first-order valence-corrected chi connectivity index (χ1v) is 10.7. The van der Waals surface area contributed by atoms with E-state index in [1.165, 1.54) is 34.2 Å². The number of halogens is 2. The molecule has 6 nitrogen and oxygen atoms in total. The first-order valence-electron chi connectivity index (χ1n) is 9.48. The van der Waals surface area contributed by atoms with Crippen LogP contribution in [0.2, 0.25) is 5.15 Å². The second-order valence-electron chi connectivity index (χ2n) is 6.58. The molecular weight excluding hydrogens is 439 g/mol. The highest BCUT2D eigenvalue weighted by Crippen LogP contribution is 2.29. The Morgan fingerprint density at radius 2 is 2.06 bits per heavy atom. The van der Waals surface area contributed by atoms with E-state index >= 15 is 0 Å². The molecule has 2 aromatic heterocycles. The number of carbonyl (C=O) groups is 1. The molecule has 0 fully saturated rings. The summed E-state index contributed by atoms with van der Waals surface area (Å²) >= 11 is 7.81. The molecule has 2 heterocycles. The van der Waals surface area contributed by atoms with Crippen LogP contribution in [0.1, 0.15) is 18.2 Å². The maximum Gasteiger partial charge on any atom is 0.250 e. The highest BCUT2D eigenvalue weighted by Gasteiger charge is 2.13. The molecule has 4 rings (SSSR count). The van der Waals surface area contributed by atoms with Crippen molar-refractivity contribution in [3.05, 3.63) is 70.8 Å². The molecule has 0 spiro atoms. The molecule has 4 aromatic rings. The topological polar surface area (TPSA) is 69.0 Å². The summed E-state index contributed by atoms with van der Waals surface area (Å²) in [5.41, 5.74) is 2.65. The Kier molecular flexibility index (Phi) is 6.01. The fourth-order valence-electron chi connectivity index (χ4n) is 2.97. The third-order valence-corrected chi connectivity index (χ3v) is 5.72. The summed E-state index contributed by atoms with van der Waals surface area (Å²) in [5.74, 6) is 0.0818. The van der Waals surface area contributed by atoms with Crippen molar-refractivity contribution in [1.82, 2.24) is 14.8 Å². The highest BCUT2D eigenvalue weighted by molar-refractivity contribution is 7.22. The smallest absolute Gasteiger partial charge is 0.250 e. The van der Waals surface area contributed by atoms with Gasteiger partial charge in [-0.1, -0.05) is 22.9 Å². The Balaban J connectivity index is 1.50. The van der Waals surface area contributed by atoms with E-state index < -0.39 is 0 Å². The van der Waals surface area contributed by atoms with Gasteiger partial charge in [-0.3, -0.25) is 10.1 Å². The van der Waals surface area contributed by atoms with E-state index in [9.17, 15) is 9.18 Å². The SMILES string of the molecule is CCOc1ccc2nc(NC(=O)C=Cc3c(C)nn(-c4ccc(F)cc4)c3Cl)sc2c1. The van der Waals surface area contributed by atoms with Crippen molar-refractivity contribution in [1.29, 1.82) is 0 Å². The van der Waals surface area contributed by atoms with Crippen molar-refractivity contribution in [2.75, 3.05) is 11.9 Å². The van der Waals surface area contributed by atoms with Gasteiger partial charge in [0.25, 0.3) is 0 Å². The first-order chi connectivity index (χ1) is 14.9. The molecule has 0 saturated heterocycles. The van der Waals surface area contributed by atoms with Crippen LogP contribution in [0.5, 0.6) is 5.75 Å². The Labute approximate surface area is 186 Å². The average molecular weight is 457 g/mol. The second-order valence-corrected chi connectivity index (χ2v) is 7.97. The Morgan fingerprint density at radius 1 is 1.29 bits per heavy atom. The zero-order chi connectivity index (χ0) is 22.0. The normalized spacial score (nSPS) is 11.4. The summed E-state index contributed by atoms with van der Waals surface area (Å²) in [6.45, 7) is 4.29. The molecular formula is C22H18ClFN4O2S. The molecule has 2 aromatic carbocycles. The van der Waals surface area contributed by atoms with Gasteiger partial charge in [0.2, 0.25) is 5.91 Å². The fourth-order valence-corrected chi connectivity index (χ4v) is 4.21. The van der Waals surface area contributed by atoms with Crippen LogP contribution >= 0.6 is 22.9 Å². The molecule has 1 N–H and O–H groups in total. The number of benzene rings is 2. The number of amides is 1. The van der Waals surface area contributed by atoms with Crippen LogP contribution in [0.15, 0.2) is 48.5 Å². The number of carbonyl (C=O) groups excluding carboxylic acids is 1. The summed E-state index contributed by atoms with van der Waals surface area (Å²) in [6.07, 6.45) is 2.98. The lowest BCUT2D eigenvalue weighted by molar-refractivity contribution is -0.111. The van der Waals surface area contributed by atoms with Gasteiger partial charge in [-0.15, -0.1) is 0 Å². The number of aromatic nitrogens is 3. The summed E-state index contributed by atoms with van der Waals surface area (Å²) in [4.78, 5) is 16.8. The number of hydrogen-bond acceptors (Lipinski definition) is 5. The molecule has 0 radical (unpaired) electrons. The van der Waals surface area contributed by atoms with Gasteiger partial charge in [0.15, 0.2) is 5.13 Å². The van der Waals surface area contributed by atoms with Crippen LogP contribution in [-0.2, 0) is 4.79 Å². The first kappa shape index (κ1) is 21.0. The van der Waals surface area contributed by atoms with Gasteiger partial charge < -0.3 is 4.74 Å². The molecule has 9 heteroatoms. The quantitative estimate of drug-likeness (QED) is 0.381. The van der Waals surface area contributed by atoms with Crippen molar-refractivity contribution < 1.29 is 13.9 Å². The van der Waals surface area contributed by atoms with E-state index in [1.807, 2.05) is 25.1 Å². The van der Waals surface area contributed by atoms with Gasteiger partial charge in [0.1, 0.15) is 16.7 Å². The lowest BCUT2D eigenvalue weighted by Crippen LogP contribution is -2.07. The van der Waals surface area contributed by atoms with E-state index in [2.05, 4.69) is 15.4 Å². The lowest BCUT2D eigenvalue weighted by Gasteiger charge is -2.02. The van der Waals surface area contributed by atoms with Crippen molar-refractivity contribution in [3.8, 4) is 11.4 Å². The largest absolute Gasteiger partial charge is 0.494 e. The van der Waals surface area contributed by atoms with Crippen molar-refractivity contribution in [2.24, 2.45) is 0 Å². The van der Waals surface area contributed by atoms with E-state index in [0.717, 1.165) is 16.0 Å². The molecule has 0 atom stereocenters. The van der Waals surface area contributed by atoms with Gasteiger partial charge in [-0.2, -0.15) is 5.10 Å². The molecule has 158 valence electrons. The number of ether oxygens (including phenoxy) is 1. The minimum absolute atomic E-state index is 0.330. The number of anilines is 1. The molecule has 0 aliphatic heterocycles. The van der Waals surface area contributed by atoms with Crippen LogP contribution in [0.4, 0.5) is 9.52 Å². The minimum atomic E-state index is -0.343. The standard InChI is InChI=1S/C22H18ClFN4O2S/c1-3-30-16-8-10-18-19(12-16)31-22(25-18)26-20(29)11-9-17-13(2)27-28(21(17)23)15-6-4-14(24)5-7-15/h4-12H,3H2,1-2H3,(H,25,26,29). The van der Waals surface area contributed by atoms with Gasteiger partial charge >= 0.3 is 0 Å². The minimum Gasteiger partial charge on any atom is -0.494 e. The number of thiazole rings is 1. The van der Waals surface area contributed by atoms with Crippen LogP contribution in [-0.4, -0.2) is 27.3 Å². The third kappa shape index (κ3) is 4.60. The predicted octanol–water partition coefficient (Wildman–Crippen LogP) is 5.63. The zero-order valence-electron chi connectivity index (χ0n) is 16.7. The van der Waals surface area contributed by atoms with Gasteiger partial charge in [0, 0.05) is 11.6 Å². The predicted molar refractivity (Wildman–Crippen MR) is 122 cm³/mol. The van der Waals surface area contributed by atoms with Crippen molar-refractivity contribution >= 4 is 50.3 Å². The van der Waals surface area contributed by atoms with Gasteiger partial charge in [-0.25, -0.2) is 14.1 Å². The van der Waals surface area contributed by atoms with Gasteiger partial charge in [0.05, 0.1) is 28.2 Å². The average Bonchev–Trinajstić information content (AvgIpc) is 3.26. The van der Waals surface area contributed by atoms with E-state index in [4.69, 9.17) is 16.3 Å². The van der Waals surface area contributed by atoms with Crippen LogP contribution < -0.4 is 10.1 Å². The van der Waals surface area contributed by atoms with Crippen LogP contribution in [0.25, 0.3) is 22.0 Å². The number of aryl methyl sites for hydroxylation is 1. The van der Waals surface area contributed by atoms with Crippen molar-refractivity contribution in [3.63, 3.8) is 0 Å². The Hall–Kier alpha value is -3.23. The van der Waals surface area contributed by atoms with Crippen LogP contribution in [0, 0.1) is 12.7 Å². The van der Waals surface area contributed by atoms with Crippen molar-refractivity contribution in [2.45, 2.75) is 13.8 Å². The zero-order valence-corrected chi connectivity index (χ0v) is 18.3. The number of nitrogens with one attached hydrogen (secondary N) is 1. The molecule has 31 heavy (non-hydrogen) atoms. The Morgan fingerprint density at radius 3 is 2.81 bits per heavy atom. The molecule has 0 unspecified atom stereocenters. The monoisotopic (exact) mass is 456 g/mol. The molecule has 0 bridgehead atoms. The lowest BCUT2D eigenvalue weighted by atomic mass is 10.2. The summed E-state index contributed by atoms with van der Waals surface area (Å²) in [5, 5.41) is 7.97. The molecule has 0 aliphatic rings. The highest BCUT2D eigenvalue weighted by atomic mass is 35.5. The molecule has 0 aliphatic carbocycles. The van der Waals surface area contributed by atoms with Gasteiger partial charge in [-0.05, 0) is 62.4 Å². The van der Waals surface area contributed by atoms with E-state index in [-0.39, 0.29) is 11.7 Å². The second kappa shape index (κ2) is 8.87. The fraction of sp³-hybridized carbons (Fsp3) is 0.136. The third-order valence-electron chi connectivity index (χ3n) is 4.42. The summed E-state index contributed by atoms with van der Waals surface area (Å²) < 4.78 is 21.1. The van der Waals surface area contributed by atoms with E-state index in [1.54, 1.807) is 25.1 Å². The number of rotatable bonds is 6. The number of hydrogen-bond donors (Lipinski definition) is 1. The summed E-state index contributed by atoms with van der Waals surface area (Å²) in [7, 11) is 0. The van der Waals surface area contributed by atoms with Crippen LogP contribution in [0.3, 0.4) is 0 Å². The Bertz CT molecular complexity index is 1280. The number of fused-ring (bicyclic) bond motifs is 1. The molecule has 0 saturated carbocycles. The van der Waals surface area contributed by atoms with E-state index in [0.29, 0.717) is 33.8 Å². The maximum absolute atomic E-state index is 13.2. The number of nitrogens with zero attached hydrogens (tertiary/aromatic N) is 3.